The maximum Gasteiger partial charge on any atom is 0.348 e. The molecule has 0 aromatic carbocycles. The summed E-state index contributed by atoms with van der Waals surface area (Å²) in [5, 5.41) is 9.08. The maximum absolute atomic E-state index is 11.7. The number of methoxy groups -OCH3 is 1. The fourth-order valence-corrected chi connectivity index (χ4v) is 3.52. The van der Waals surface area contributed by atoms with Gasteiger partial charge in [0.1, 0.15) is 9.75 Å². The molecule has 5 heteroatoms. The van der Waals surface area contributed by atoms with Gasteiger partial charge in [0.05, 0.1) is 7.11 Å². The van der Waals surface area contributed by atoms with Crippen LogP contribution >= 0.6 is 22.9 Å². The zero-order valence-corrected chi connectivity index (χ0v) is 12.1. The number of aliphatic hydroxyl groups is 1. The lowest BCUT2D eigenvalue weighted by Gasteiger charge is -2.22. The quantitative estimate of drug-likeness (QED) is 0.686. The molecule has 0 fully saturated rings. The number of esters is 1. The minimum absolute atomic E-state index is 0.00873. The third-order valence-electron chi connectivity index (χ3n) is 2.99. The Morgan fingerprint density at radius 1 is 1.58 bits per heavy atom. The molecule has 0 amide bonds. The van der Waals surface area contributed by atoms with Crippen molar-refractivity contribution in [1.82, 2.24) is 0 Å². The Kier molecular flexibility index (Phi) is 4.45. The summed E-state index contributed by atoms with van der Waals surface area (Å²) in [5.41, 5.74) is 0.789. The molecule has 3 nitrogen and oxygen atoms in total. The van der Waals surface area contributed by atoms with Gasteiger partial charge in [-0.25, -0.2) is 4.79 Å². The number of rotatable bonds is 4. The van der Waals surface area contributed by atoms with E-state index in [0.717, 1.165) is 10.4 Å². The van der Waals surface area contributed by atoms with Crippen LogP contribution in [0.1, 0.15) is 26.5 Å². The summed E-state index contributed by atoms with van der Waals surface area (Å²) in [6, 6.07) is 1.89. The molecular weight excluding hydrogens is 284 g/mol. The van der Waals surface area contributed by atoms with Gasteiger partial charge in [0.15, 0.2) is 0 Å². The van der Waals surface area contributed by atoms with E-state index in [4.69, 9.17) is 21.4 Å². The smallest absolute Gasteiger partial charge is 0.348 e. The van der Waals surface area contributed by atoms with Crippen molar-refractivity contribution in [2.45, 2.75) is 17.7 Å². The number of ether oxygens (including phenoxy) is 1. The normalized spacial score (nSPS) is 21.6. The highest BCUT2D eigenvalue weighted by Crippen LogP contribution is 2.42. The molecule has 102 valence electrons. The lowest BCUT2D eigenvalue weighted by molar-refractivity contribution is 0.0605. The highest BCUT2D eigenvalue weighted by atomic mass is 35.5. The molecule has 0 radical (unpaired) electrons. The molecule has 0 aliphatic heterocycles. The average molecular weight is 299 g/mol. The molecule has 1 aliphatic rings. The molecule has 19 heavy (non-hydrogen) atoms. The van der Waals surface area contributed by atoms with Crippen LogP contribution in [0.3, 0.4) is 0 Å². The van der Waals surface area contributed by atoms with Crippen LogP contribution in [0.25, 0.3) is 0 Å². The third kappa shape index (κ3) is 2.91. The van der Waals surface area contributed by atoms with Gasteiger partial charge in [0.2, 0.25) is 0 Å². The largest absolute Gasteiger partial charge is 0.465 e. The molecule has 1 aromatic rings. The van der Waals surface area contributed by atoms with Gasteiger partial charge in [-0.3, -0.25) is 0 Å². The Hall–Kier alpha value is -1.10. The van der Waals surface area contributed by atoms with Gasteiger partial charge in [-0.15, -0.1) is 22.9 Å². The molecular formula is C14H15ClO3S. The first-order chi connectivity index (χ1) is 9.10. The van der Waals surface area contributed by atoms with Gasteiger partial charge in [-0.2, -0.15) is 0 Å². The zero-order valence-electron chi connectivity index (χ0n) is 10.6. The van der Waals surface area contributed by atoms with E-state index in [1.54, 1.807) is 0 Å². The zero-order chi connectivity index (χ0) is 13.9. The predicted molar refractivity (Wildman–Crippen MR) is 76.9 cm³/mol. The summed E-state index contributed by atoms with van der Waals surface area (Å²) in [6.07, 6.45) is 8.88. The number of alkyl halides is 1. The van der Waals surface area contributed by atoms with Crippen LogP contribution in [0.5, 0.6) is 0 Å². The molecule has 2 rings (SSSR count). The summed E-state index contributed by atoms with van der Waals surface area (Å²) in [5.74, 6) is -0.379. The monoisotopic (exact) mass is 298 g/mol. The molecule has 0 bridgehead atoms. The van der Waals surface area contributed by atoms with Crippen LogP contribution in [0.2, 0.25) is 0 Å². The minimum Gasteiger partial charge on any atom is -0.465 e. The second kappa shape index (κ2) is 5.90. The van der Waals surface area contributed by atoms with Crippen molar-refractivity contribution in [3.8, 4) is 0 Å². The fourth-order valence-electron chi connectivity index (χ4n) is 1.98. The van der Waals surface area contributed by atoms with Crippen molar-refractivity contribution in [1.29, 1.82) is 0 Å². The number of halogens is 1. The molecule has 0 saturated heterocycles. The molecule has 0 spiro atoms. The molecule has 1 aromatic heterocycles. The Balaban J connectivity index is 2.39. The van der Waals surface area contributed by atoms with E-state index < -0.39 is 4.87 Å². The van der Waals surface area contributed by atoms with E-state index in [-0.39, 0.29) is 12.6 Å². The molecule has 1 aliphatic carbocycles. The Labute approximate surface area is 121 Å². The average Bonchev–Trinajstić information content (AvgIpc) is 2.84. The van der Waals surface area contributed by atoms with Crippen molar-refractivity contribution in [2.24, 2.45) is 0 Å². The first kappa shape index (κ1) is 14.3. The summed E-state index contributed by atoms with van der Waals surface area (Å²) < 4.78 is 4.77. The van der Waals surface area contributed by atoms with E-state index in [2.05, 4.69) is 0 Å². The van der Waals surface area contributed by atoms with Gasteiger partial charge in [0, 0.05) is 11.5 Å². The van der Waals surface area contributed by atoms with Crippen LogP contribution < -0.4 is 0 Å². The van der Waals surface area contributed by atoms with E-state index in [1.807, 2.05) is 30.4 Å². The lowest BCUT2D eigenvalue weighted by atomic mass is 9.97. The number of thiophene rings is 1. The van der Waals surface area contributed by atoms with E-state index in [9.17, 15) is 4.79 Å². The van der Waals surface area contributed by atoms with E-state index in [0.29, 0.717) is 17.7 Å². The molecule has 1 atom stereocenters. The van der Waals surface area contributed by atoms with E-state index >= 15 is 0 Å². The first-order valence-corrected chi connectivity index (χ1v) is 7.16. The molecule has 1 N–H and O–H groups in total. The molecule has 1 unspecified atom stereocenters. The summed E-state index contributed by atoms with van der Waals surface area (Å²) >= 11 is 7.93. The number of allylic oxidation sites excluding steroid dienone is 4. The van der Waals surface area contributed by atoms with Crippen LogP contribution in [0, 0.1) is 0 Å². The number of hydrogen-bond donors (Lipinski definition) is 1. The highest BCUT2D eigenvalue weighted by Gasteiger charge is 2.31. The van der Waals surface area contributed by atoms with Crippen molar-refractivity contribution < 1.29 is 14.6 Å². The van der Waals surface area contributed by atoms with Crippen LogP contribution in [0.4, 0.5) is 0 Å². The lowest BCUT2D eigenvalue weighted by Crippen LogP contribution is -2.14. The summed E-state index contributed by atoms with van der Waals surface area (Å²) in [7, 11) is 1.35. The first-order valence-electron chi connectivity index (χ1n) is 5.96. The Morgan fingerprint density at radius 2 is 2.37 bits per heavy atom. The second-order valence-corrected chi connectivity index (χ2v) is 6.01. The molecule has 0 saturated carbocycles. The topological polar surface area (TPSA) is 46.5 Å². The Morgan fingerprint density at radius 3 is 2.95 bits per heavy atom. The fraction of sp³-hybridized carbons (Fsp3) is 0.357. The predicted octanol–water partition coefficient (Wildman–Crippen LogP) is 3.02. The maximum atomic E-state index is 11.7. The van der Waals surface area contributed by atoms with Crippen molar-refractivity contribution in [3.05, 3.63) is 45.7 Å². The molecule has 1 heterocycles. The van der Waals surface area contributed by atoms with Gasteiger partial charge in [0.25, 0.3) is 0 Å². The van der Waals surface area contributed by atoms with Crippen molar-refractivity contribution in [3.63, 3.8) is 0 Å². The summed E-state index contributed by atoms with van der Waals surface area (Å²) in [4.78, 5) is 12.6. The van der Waals surface area contributed by atoms with E-state index in [1.165, 1.54) is 18.4 Å². The number of carbonyl (C=O) groups is 1. The van der Waals surface area contributed by atoms with Gasteiger partial charge in [-0.1, -0.05) is 24.3 Å². The van der Waals surface area contributed by atoms with Crippen LogP contribution in [-0.4, -0.2) is 24.8 Å². The number of aliphatic hydroxyl groups excluding tert-OH is 1. The highest BCUT2D eigenvalue weighted by molar-refractivity contribution is 7.14. The van der Waals surface area contributed by atoms with Crippen LogP contribution in [-0.2, 0) is 16.0 Å². The SMILES string of the molecule is COC(=O)c1sc(C2(Cl)C=CC=CC2)cc1CCO. The number of hydrogen-bond acceptors (Lipinski definition) is 4. The summed E-state index contributed by atoms with van der Waals surface area (Å²) in [6.45, 7) is -0.00873. The minimum atomic E-state index is -0.601. The third-order valence-corrected chi connectivity index (χ3v) is 4.92. The van der Waals surface area contributed by atoms with Gasteiger partial charge in [-0.05, 0) is 24.5 Å². The van der Waals surface area contributed by atoms with Gasteiger partial charge < -0.3 is 9.84 Å². The van der Waals surface area contributed by atoms with Crippen LogP contribution in [0.15, 0.2) is 30.4 Å². The standard InChI is InChI=1S/C14H15ClO3S/c1-18-13(17)12-10(5-8-16)9-11(19-12)14(15)6-3-2-4-7-14/h2-4,6,9,16H,5,7-8H2,1H3. The van der Waals surface area contributed by atoms with Crippen molar-refractivity contribution in [2.75, 3.05) is 13.7 Å². The number of carbonyl (C=O) groups excluding carboxylic acids is 1. The van der Waals surface area contributed by atoms with Crippen molar-refractivity contribution >= 4 is 28.9 Å². The van der Waals surface area contributed by atoms with Gasteiger partial charge >= 0.3 is 5.97 Å². The second-order valence-electron chi connectivity index (χ2n) is 4.28. The Bertz CT molecular complexity index is 533.